The Balaban J connectivity index is -0.000000125. The molecule has 0 fully saturated rings. The molecule has 0 saturated carbocycles. The average Bonchev–Trinajstić information content (AvgIpc) is 1.36. The summed E-state index contributed by atoms with van der Waals surface area (Å²) in [6, 6.07) is 0. The Bertz CT molecular complexity index is 80.0. The van der Waals surface area contributed by atoms with Crippen molar-refractivity contribution in [2.24, 2.45) is 0 Å². The summed E-state index contributed by atoms with van der Waals surface area (Å²) in [6.45, 7) is 0. The molecule has 0 unspecified atom stereocenters. The molecular formula is C2H5NNbO4. The van der Waals surface area contributed by atoms with Crippen molar-refractivity contribution in [2.75, 3.05) is 0 Å². The van der Waals surface area contributed by atoms with Crippen LogP contribution in [0.4, 0.5) is 0 Å². The average molecular weight is 200 g/mol. The van der Waals surface area contributed by atoms with Crippen molar-refractivity contribution in [1.29, 1.82) is 0 Å². The van der Waals surface area contributed by atoms with E-state index in [-0.39, 0.29) is 28.5 Å². The first-order valence-corrected chi connectivity index (χ1v) is 1.11. The fourth-order valence-electron chi connectivity index (χ4n) is 0. The Kier molecular flexibility index (Phi) is 13.0. The molecule has 0 amide bonds. The molecular weight excluding hydrogens is 195 g/mol. The number of carboxylic acids is 2. The maximum absolute atomic E-state index is 9.10. The molecule has 0 aromatic carbocycles. The minimum absolute atomic E-state index is 0. The van der Waals surface area contributed by atoms with E-state index in [0.717, 1.165) is 0 Å². The van der Waals surface area contributed by atoms with Crippen LogP contribution in [0.3, 0.4) is 0 Å². The van der Waals surface area contributed by atoms with Crippen molar-refractivity contribution < 1.29 is 42.2 Å². The molecule has 0 aliphatic rings. The van der Waals surface area contributed by atoms with Crippen LogP contribution in [0.5, 0.6) is 0 Å². The number of rotatable bonds is 0. The molecule has 0 aliphatic heterocycles. The van der Waals surface area contributed by atoms with Crippen LogP contribution in [0.2, 0.25) is 0 Å². The zero-order valence-corrected chi connectivity index (χ0v) is 6.06. The first-order valence-electron chi connectivity index (χ1n) is 1.11. The molecule has 0 saturated heterocycles. The fraction of sp³-hybridized carbons (Fsp3) is 0. The predicted molar refractivity (Wildman–Crippen MR) is 20.3 cm³/mol. The van der Waals surface area contributed by atoms with Gasteiger partial charge in [0.1, 0.15) is 0 Å². The van der Waals surface area contributed by atoms with Crippen LogP contribution >= 0.6 is 0 Å². The molecule has 0 atom stereocenters. The third kappa shape index (κ3) is 9.16. The molecule has 0 aromatic rings. The molecule has 1 radical (unpaired) electrons. The summed E-state index contributed by atoms with van der Waals surface area (Å²) in [4.78, 5) is 18.2. The van der Waals surface area contributed by atoms with Gasteiger partial charge >= 0.3 is 11.9 Å². The summed E-state index contributed by atoms with van der Waals surface area (Å²) in [5.74, 6) is -3.65. The molecule has 0 spiro atoms. The second-order valence-corrected chi connectivity index (χ2v) is 0.610. The third-order valence-corrected chi connectivity index (χ3v) is 0.183. The van der Waals surface area contributed by atoms with E-state index in [1.165, 1.54) is 0 Å². The van der Waals surface area contributed by atoms with Crippen molar-refractivity contribution >= 4 is 11.9 Å². The number of hydrogen-bond acceptors (Lipinski definition) is 3. The number of carbonyl (C=O) groups is 2. The van der Waals surface area contributed by atoms with Crippen molar-refractivity contribution in [2.45, 2.75) is 0 Å². The van der Waals surface area contributed by atoms with E-state index in [9.17, 15) is 0 Å². The van der Waals surface area contributed by atoms with Crippen LogP contribution in [-0.4, -0.2) is 22.2 Å². The minimum atomic E-state index is -1.82. The normalized spacial score (nSPS) is 5.50. The Morgan fingerprint density at radius 1 is 1.00 bits per heavy atom. The second-order valence-electron chi connectivity index (χ2n) is 0.610. The molecule has 0 aromatic heterocycles. The molecule has 5 N–H and O–H groups in total. The molecule has 6 heteroatoms. The van der Waals surface area contributed by atoms with Gasteiger partial charge in [0.15, 0.2) is 0 Å². The molecule has 0 rings (SSSR count). The number of hydrogen-bond donors (Lipinski definition) is 3. The summed E-state index contributed by atoms with van der Waals surface area (Å²) in [5, 5.41) is 14.8. The van der Waals surface area contributed by atoms with Gasteiger partial charge in [-0.1, -0.05) is 0 Å². The monoisotopic (exact) mass is 200 g/mol. The zero-order valence-electron chi connectivity index (χ0n) is 3.87. The van der Waals surface area contributed by atoms with E-state index in [2.05, 4.69) is 0 Å². The molecule has 5 nitrogen and oxygen atoms in total. The minimum Gasteiger partial charge on any atom is -0.473 e. The van der Waals surface area contributed by atoms with E-state index in [4.69, 9.17) is 19.8 Å². The SMILES string of the molecule is N.O=C(O)C(=O)O.[Nb]. The van der Waals surface area contributed by atoms with Crippen molar-refractivity contribution in [3.63, 3.8) is 0 Å². The van der Waals surface area contributed by atoms with E-state index >= 15 is 0 Å². The molecule has 0 bridgehead atoms. The van der Waals surface area contributed by atoms with Gasteiger partial charge in [-0.3, -0.25) is 0 Å². The van der Waals surface area contributed by atoms with E-state index in [1.807, 2.05) is 0 Å². The quantitative estimate of drug-likeness (QED) is 0.354. The molecule has 0 heterocycles. The zero-order chi connectivity index (χ0) is 5.15. The molecule has 8 heavy (non-hydrogen) atoms. The van der Waals surface area contributed by atoms with Gasteiger partial charge in [-0.05, 0) is 0 Å². The first kappa shape index (κ1) is 15.6. The van der Waals surface area contributed by atoms with E-state index < -0.39 is 11.9 Å². The third-order valence-electron chi connectivity index (χ3n) is 0.183. The van der Waals surface area contributed by atoms with Gasteiger partial charge < -0.3 is 16.4 Å². The standard InChI is InChI=1S/C2H2O4.H3N.Nb/c3-1(4)2(5)6;;/h(H,3,4)(H,5,6);1H3;. The van der Waals surface area contributed by atoms with Crippen LogP contribution in [0, 0.1) is 0 Å². The maximum atomic E-state index is 9.10. The topological polar surface area (TPSA) is 110 Å². The summed E-state index contributed by atoms with van der Waals surface area (Å²) in [5.41, 5.74) is 0. The van der Waals surface area contributed by atoms with Crippen LogP contribution in [0.15, 0.2) is 0 Å². The van der Waals surface area contributed by atoms with Gasteiger partial charge in [0, 0.05) is 22.4 Å². The van der Waals surface area contributed by atoms with Gasteiger partial charge in [0.25, 0.3) is 0 Å². The fourth-order valence-corrected chi connectivity index (χ4v) is 0. The van der Waals surface area contributed by atoms with Crippen molar-refractivity contribution in [1.82, 2.24) is 6.15 Å². The summed E-state index contributed by atoms with van der Waals surface area (Å²) in [6.07, 6.45) is 0. The van der Waals surface area contributed by atoms with E-state index in [0.29, 0.717) is 0 Å². The van der Waals surface area contributed by atoms with Crippen molar-refractivity contribution in [3.05, 3.63) is 0 Å². The van der Waals surface area contributed by atoms with Crippen LogP contribution in [0.25, 0.3) is 0 Å². The predicted octanol–water partition coefficient (Wildman–Crippen LogP) is -0.685. The summed E-state index contributed by atoms with van der Waals surface area (Å²) >= 11 is 0. The van der Waals surface area contributed by atoms with Gasteiger partial charge in [-0.2, -0.15) is 0 Å². The van der Waals surface area contributed by atoms with Gasteiger partial charge in [0.05, 0.1) is 0 Å². The first-order chi connectivity index (χ1) is 2.64. The van der Waals surface area contributed by atoms with Gasteiger partial charge in [0.2, 0.25) is 0 Å². The van der Waals surface area contributed by atoms with Crippen molar-refractivity contribution in [3.8, 4) is 0 Å². The Hall–Kier alpha value is -0.360. The van der Waals surface area contributed by atoms with Crippen LogP contribution in [0.1, 0.15) is 0 Å². The second kappa shape index (κ2) is 6.64. The Labute approximate surface area is 60.8 Å². The molecule has 47 valence electrons. The van der Waals surface area contributed by atoms with E-state index in [1.54, 1.807) is 0 Å². The summed E-state index contributed by atoms with van der Waals surface area (Å²) in [7, 11) is 0. The number of carboxylic acid groups (broad SMARTS) is 2. The smallest absolute Gasteiger partial charge is 0.414 e. The summed E-state index contributed by atoms with van der Waals surface area (Å²) < 4.78 is 0. The van der Waals surface area contributed by atoms with Gasteiger partial charge in [-0.15, -0.1) is 0 Å². The van der Waals surface area contributed by atoms with Gasteiger partial charge in [-0.25, -0.2) is 9.59 Å². The largest absolute Gasteiger partial charge is 0.473 e. The van der Waals surface area contributed by atoms with Crippen LogP contribution < -0.4 is 6.15 Å². The Morgan fingerprint density at radius 3 is 1.12 bits per heavy atom. The Morgan fingerprint density at radius 2 is 1.12 bits per heavy atom. The van der Waals surface area contributed by atoms with Crippen LogP contribution in [-0.2, 0) is 32.0 Å². The molecule has 0 aliphatic carbocycles. The maximum Gasteiger partial charge on any atom is 0.414 e. The number of aliphatic carboxylic acids is 2.